The number of halogens is 1. The minimum atomic E-state index is -0.336. The average Bonchev–Trinajstić information content (AvgIpc) is 2.56. The van der Waals surface area contributed by atoms with Gasteiger partial charge in [-0.3, -0.25) is 4.98 Å². The van der Waals surface area contributed by atoms with Gasteiger partial charge in [0.05, 0.1) is 11.4 Å². The molecule has 2 N–H and O–H groups in total. The van der Waals surface area contributed by atoms with Crippen LogP contribution in [0.3, 0.4) is 0 Å². The monoisotopic (exact) mass is 337 g/mol. The van der Waals surface area contributed by atoms with Crippen LogP contribution in [0, 0.1) is 5.82 Å². The Labute approximate surface area is 146 Å². The molecule has 0 radical (unpaired) electrons. The summed E-state index contributed by atoms with van der Waals surface area (Å²) in [7, 11) is 0. The molecule has 0 saturated heterocycles. The molecule has 3 aromatic rings. The highest BCUT2D eigenvalue weighted by Crippen LogP contribution is 2.25. The number of aromatic nitrogens is 3. The van der Waals surface area contributed by atoms with Gasteiger partial charge in [0.15, 0.2) is 0 Å². The molecule has 0 unspecified atom stereocenters. The van der Waals surface area contributed by atoms with E-state index in [1.54, 1.807) is 36.7 Å². The van der Waals surface area contributed by atoms with Crippen LogP contribution >= 0.6 is 0 Å². The Morgan fingerprint density at radius 2 is 1.68 bits per heavy atom. The normalized spacial score (nSPS) is 11.2. The molecule has 0 spiro atoms. The van der Waals surface area contributed by atoms with Gasteiger partial charge in [-0.1, -0.05) is 12.1 Å². The maximum atomic E-state index is 13.9. The Bertz CT molecular complexity index is 859. The largest absolute Gasteiger partial charge is 0.350 e. The van der Waals surface area contributed by atoms with Crippen molar-refractivity contribution in [2.24, 2.45) is 0 Å². The summed E-state index contributed by atoms with van der Waals surface area (Å²) in [6.45, 7) is 6.08. The number of pyridine rings is 1. The van der Waals surface area contributed by atoms with Crippen LogP contribution in [0.25, 0.3) is 11.3 Å². The Morgan fingerprint density at radius 3 is 2.36 bits per heavy atom. The van der Waals surface area contributed by atoms with E-state index in [9.17, 15) is 4.39 Å². The third kappa shape index (κ3) is 4.50. The van der Waals surface area contributed by atoms with Crippen LogP contribution in [-0.2, 0) is 0 Å². The lowest BCUT2D eigenvalue weighted by Crippen LogP contribution is -2.27. The van der Waals surface area contributed by atoms with E-state index < -0.39 is 0 Å². The second kappa shape index (κ2) is 6.84. The summed E-state index contributed by atoms with van der Waals surface area (Å²) in [4.78, 5) is 13.1. The fourth-order valence-electron chi connectivity index (χ4n) is 2.27. The van der Waals surface area contributed by atoms with Crippen molar-refractivity contribution in [3.05, 3.63) is 60.7 Å². The predicted molar refractivity (Wildman–Crippen MR) is 98.3 cm³/mol. The summed E-state index contributed by atoms with van der Waals surface area (Å²) < 4.78 is 13.9. The Hall–Kier alpha value is -3.02. The number of nitrogens with one attached hydrogen (secondary N) is 2. The number of para-hydroxylation sites is 1. The lowest BCUT2D eigenvalue weighted by molar-refractivity contribution is 0.625. The summed E-state index contributed by atoms with van der Waals surface area (Å²) >= 11 is 0. The Balaban J connectivity index is 2.02. The average molecular weight is 337 g/mol. The maximum absolute atomic E-state index is 13.9. The Morgan fingerprint density at radius 1 is 0.960 bits per heavy atom. The van der Waals surface area contributed by atoms with Gasteiger partial charge in [0.2, 0.25) is 5.95 Å². The highest BCUT2D eigenvalue weighted by molar-refractivity contribution is 5.67. The van der Waals surface area contributed by atoms with Crippen LogP contribution in [0.5, 0.6) is 0 Å². The highest BCUT2D eigenvalue weighted by Gasteiger charge is 2.14. The van der Waals surface area contributed by atoms with E-state index in [2.05, 4.69) is 25.6 Å². The summed E-state index contributed by atoms with van der Waals surface area (Å²) in [5.74, 6) is 0.649. The predicted octanol–water partition coefficient (Wildman–Crippen LogP) is 4.63. The number of nitrogens with zero attached hydrogens (tertiary/aromatic N) is 3. The van der Waals surface area contributed by atoms with Crippen molar-refractivity contribution < 1.29 is 4.39 Å². The SMILES string of the molecule is CC(C)(C)Nc1nc(Nc2ccccc2F)cc(-c2ccncc2)n1. The first kappa shape index (κ1) is 16.8. The van der Waals surface area contributed by atoms with E-state index in [1.165, 1.54) is 6.07 Å². The van der Waals surface area contributed by atoms with Crippen molar-refractivity contribution in [2.75, 3.05) is 10.6 Å². The van der Waals surface area contributed by atoms with E-state index >= 15 is 0 Å². The van der Waals surface area contributed by atoms with Crippen LogP contribution in [0.15, 0.2) is 54.9 Å². The van der Waals surface area contributed by atoms with Gasteiger partial charge in [-0.2, -0.15) is 4.98 Å². The van der Waals surface area contributed by atoms with Gasteiger partial charge < -0.3 is 10.6 Å². The molecule has 0 aliphatic rings. The van der Waals surface area contributed by atoms with Gasteiger partial charge in [0.1, 0.15) is 11.6 Å². The molecule has 6 heteroatoms. The summed E-state index contributed by atoms with van der Waals surface area (Å²) in [5.41, 5.74) is 1.80. The lowest BCUT2D eigenvalue weighted by Gasteiger charge is -2.21. The number of rotatable bonds is 4. The number of benzene rings is 1. The third-order valence-corrected chi connectivity index (χ3v) is 3.33. The van der Waals surface area contributed by atoms with E-state index in [0.717, 1.165) is 11.3 Å². The van der Waals surface area contributed by atoms with Gasteiger partial charge in [-0.05, 0) is 45.0 Å². The Kier molecular flexibility index (Phi) is 4.61. The zero-order chi connectivity index (χ0) is 17.9. The highest BCUT2D eigenvalue weighted by atomic mass is 19.1. The molecule has 0 atom stereocenters. The molecule has 1 aromatic carbocycles. The van der Waals surface area contributed by atoms with Crippen molar-refractivity contribution in [3.63, 3.8) is 0 Å². The molecule has 0 aliphatic carbocycles. The van der Waals surface area contributed by atoms with Gasteiger partial charge in [-0.15, -0.1) is 0 Å². The first-order valence-corrected chi connectivity index (χ1v) is 8.00. The van der Waals surface area contributed by atoms with Crippen LogP contribution in [0.2, 0.25) is 0 Å². The third-order valence-electron chi connectivity index (χ3n) is 3.33. The number of anilines is 3. The lowest BCUT2D eigenvalue weighted by atomic mass is 10.1. The van der Waals surface area contributed by atoms with Crippen LogP contribution < -0.4 is 10.6 Å². The standard InChI is InChI=1S/C19H20FN5/c1-19(2,3)25-18-23-16(13-8-10-21-11-9-13)12-17(24-18)22-15-7-5-4-6-14(15)20/h4-12H,1-3H3,(H2,22,23,24,25). The minimum Gasteiger partial charge on any atom is -0.350 e. The van der Waals surface area contributed by atoms with Crippen molar-refractivity contribution >= 4 is 17.5 Å². The molecule has 3 rings (SSSR count). The molecule has 25 heavy (non-hydrogen) atoms. The molecular weight excluding hydrogens is 317 g/mol. The van der Waals surface area contributed by atoms with Crippen molar-refractivity contribution in [2.45, 2.75) is 26.3 Å². The second-order valence-corrected chi connectivity index (χ2v) is 6.68. The second-order valence-electron chi connectivity index (χ2n) is 6.68. The van der Waals surface area contributed by atoms with Gasteiger partial charge in [-0.25, -0.2) is 9.37 Å². The molecule has 0 saturated carbocycles. The van der Waals surface area contributed by atoms with Crippen molar-refractivity contribution in [1.82, 2.24) is 15.0 Å². The van der Waals surface area contributed by atoms with Gasteiger partial charge >= 0.3 is 0 Å². The minimum absolute atomic E-state index is 0.202. The topological polar surface area (TPSA) is 62.7 Å². The summed E-state index contributed by atoms with van der Waals surface area (Å²) in [5, 5.41) is 6.29. The van der Waals surface area contributed by atoms with Crippen LogP contribution in [0.4, 0.5) is 21.8 Å². The van der Waals surface area contributed by atoms with E-state index in [4.69, 9.17) is 0 Å². The van der Waals surface area contributed by atoms with Crippen molar-refractivity contribution in [1.29, 1.82) is 0 Å². The number of hydrogen-bond donors (Lipinski definition) is 2. The molecule has 2 aromatic heterocycles. The van der Waals surface area contributed by atoms with E-state index in [0.29, 0.717) is 17.5 Å². The summed E-state index contributed by atoms with van der Waals surface area (Å²) in [6, 6.07) is 12.0. The molecule has 0 aliphatic heterocycles. The van der Waals surface area contributed by atoms with E-state index in [1.807, 2.05) is 32.9 Å². The molecular formula is C19H20FN5. The molecule has 0 amide bonds. The molecule has 5 nitrogen and oxygen atoms in total. The first-order valence-electron chi connectivity index (χ1n) is 8.00. The van der Waals surface area contributed by atoms with Gasteiger partial charge in [0, 0.05) is 29.6 Å². The van der Waals surface area contributed by atoms with Crippen LogP contribution in [0.1, 0.15) is 20.8 Å². The fourth-order valence-corrected chi connectivity index (χ4v) is 2.27. The zero-order valence-corrected chi connectivity index (χ0v) is 14.4. The maximum Gasteiger partial charge on any atom is 0.225 e. The molecule has 0 fully saturated rings. The zero-order valence-electron chi connectivity index (χ0n) is 14.4. The number of hydrogen-bond acceptors (Lipinski definition) is 5. The quantitative estimate of drug-likeness (QED) is 0.726. The van der Waals surface area contributed by atoms with Crippen LogP contribution in [-0.4, -0.2) is 20.5 Å². The van der Waals surface area contributed by atoms with Gasteiger partial charge in [0.25, 0.3) is 0 Å². The van der Waals surface area contributed by atoms with Crippen molar-refractivity contribution in [3.8, 4) is 11.3 Å². The first-order chi connectivity index (χ1) is 11.9. The fraction of sp³-hybridized carbons (Fsp3) is 0.211. The molecule has 2 heterocycles. The summed E-state index contributed by atoms with van der Waals surface area (Å²) in [6.07, 6.45) is 3.41. The molecule has 128 valence electrons. The molecule has 0 bridgehead atoms. The smallest absolute Gasteiger partial charge is 0.225 e. The van der Waals surface area contributed by atoms with E-state index in [-0.39, 0.29) is 11.4 Å².